The summed E-state index contributed by atoms with van der Waals surface area (Å²) in [6.07, 6.45) is 8.16. The van der Waals surface area contributed by atoms with E-state index in [1.54, 1.807) is 7.11 Å². The molecule has 2 aromatic carbocycles. The van der Waals surface area contributed by atoms with Crippen LogP contribution < -0.4 is 19.9 Å². The van der Waals surface area contributed by atoms with Crippen LogP contribution in [0.5, 0.6) is 5.75 Å². The zero-order valence-electron chi connectivity index (χ0n) is 24.1. The quantitative estimate of drug-likeness (QED) is 0.348. The van der Waals surface area contributed by atoms with Gasteiger partial charge >= 0.3 is 0 Å². The summed E-state index contributed by atoms with van der Waals surface area (Å²) in [4.78, 5) is 33.1. The number of amides is 2. The van der Waals surface area contributed by atoms with Gasteiger partial charge in [-0.25, -0.2) is 0 Å². The maximum atomic E-state index is 13.8. The van der Waals surface area contributed by atoms with Crippen LogP contribution in [0.1, 0.15) is 75.6 Å². The molecular formula is C32H46N4O3. The summed E-state index contributed by atoms with van der Waals surface area (Å²) in [5, 5.41) is 3.06. The fourth-order valence-electron chi connectivity index (χ4n) is 5.63. The number of nitrogens with one attached hydrogen (secondary N) is 1. The van der Waals surface area contributed by atoms with Crippen LogP contribution in [0.2, 0.25) is 0 Å². The molecule has 2 saturated heterocycles. The summed E-state index contributed by atoms with van der Waals surface area (Å²) < 4.78 is 5.58. The molecule has 0 unspecified atom stereocenters. The van der Waals surface area contributed by atoms with Crippen LogP contribution in [0.15, 0.2) is 42.5 Å². The second kappa shape index (κ2) is 14.2. The summed E-state index contributed by atoms with van der Waals surface area (Å²) in [5.74, 6) is 1.63. The number of methoxy groups -OCH3 is 1. The van der Waals surface area contributed by atoms with Crippen LogP contribution in [-0.2, 0) is 4.79 Å². The first-order valence-corrected chi connectivity index (χ1v) is 14.9. The summed E-state index contributed by atoms with van der Waals surface area (Å²) in [7, 11) is 1.71. The van der Waals surface area contributed by atoms with Gasteiger partial charge < -0.3 is 24.8 Å². The van der Waals surface area contributed by atoms with Crippen LogP contribution in [-0.4, -0.2) is 63.1 Å². The summed E-state index contributed by atoms with van der Waals surface area (Å²) in [6, 6.07) is 14.0. The number of hydrogen-bond donors (Lipinski definition) is 1. The number of piperidine rings is 1. The van der Waals surface area contributed by atoms with Gasteiger partial charge in [0.25, 0.3) is 5.91 Å². The van der Waals surface area contributed by atoms with Gasteiger partial charge in [-0.05, 0) is 55.5 Å². The Balaban J connectivity index is 1.48. The number of ether oxygens (including phenoxy) is 1. The van der Waals surface area contributed by atoms with Crippen LogP contribution >= 0.6 is 0 Å². The van der Waals surface area contributed by atoms with Crippen molar-refractivity contribution < 1.29 is 14.3 Å². The first-order valence-electron chi connectivity index (χ1n) is 14.9. The molecule has 0 spiro atoms. The third-order valence-electron chi connectivity index (χ3n) is 8.14. The lowest BCUT2D eigenvalue weighted by Gasteiger charge is -2.39. The molecule has 2 aliphatic heterocycles. The van der Waals surface area contributed by atoms with E-state index in [0.717, 1.165) is 82.1 Å². The van der Waals surface area contributed by atoms with E-state index in [1.807, 2.05) is 41.3 Å². The Morgan fingerprint density at radius 1 is 0.872 bits per heavy atom. The molecule has 2 heterocycles. The Hall–Kier alpha value is -3.22. The monoisotopic (exact) mass is 534 g/mol. The minimum Gasteiger partial charge on any atom is -0.495 e. The third-order valence-corrected chi connectivity index (χ3v) is 8.14. The first kappa shape index (κ1) is 28.8. The van der Waals surface area contributed by atoms with Gasteiger partial charge in [0.1, 0.15) is 5.75 Å². The average Bonchev–Trinajstić information content (AvgIpc) is 2.97. The molecule has 7 nitrogen and oxygen atoms in total. The van der Waals surface area contributed by atoms with E-state index in [9.17, 15) is 9.59 Å². The van der Waals surface area contributed by atoms with E-state index in [4.69, 9.17) is 4.74 Å². The molecule has 0 radical (unpaired) electrons. The molecule has 2 fully saturated rings. The predicted octanol–water partition coefficient (Wildman–Crippen LogP) is 6.19. The van der Waals surface area contributed by atoms with Crippen molar-refractivity contribution >= 4 is 28.9 Å². The molecule has 4 rings (SSSR count). The van der Waals surface area contributed by atoms with Crippen molar-refractivity contribution in [2.45, 2.75) is 65.2 Å². The Labute approximate surface area is 234 Å². The predicted molar refractivity (Wildman–Crippen MR) is 160 cm³/mol. The topological polar surface area (TPSA) is 65.1 Å². The van der Waals surface area contributed by atoms with Gasteiger partial charge in [-0.3, -0.25) is 9.59 Å². The van der Waals surface area contributed by atoms with Crippen LogP contribution in [0, 0.1) is 5.92 Å². The highest BCUT2D eigenvalue weighted by Gasteiger charge is 2.27. The average molecular weight is 535 g/mol. The number of likely N-dealkylation sites (tertiary alicyclic amines) is 1. The molecule has 0 aliphatic carbocycles. The molecule has 39 heavy (non-hydrogen) atoms. The van der Waals surface area contributed by atoms with Crippen molar-refractivity contribution in [1.82, 2.24) is 4.90 Å². The van der Waals surface area contributed by atoms with Crippen molar-refractivity contribution in [3.05, 3.63) is 48.0 Å². The Kier molecular flexibility index (Phi) is 10.5. The highest BCUT2D eigenvalue weighted by atomic mass is 16.5. The van der Waals surface area contributed by atoms with Gasteiger partial charge in [0.2, 0.25) is 5.91 Å². The second-order valence-electron chi connectivity index (χ2n) is 11.1. The molecule has 0 atom stereocenters. The number of piperazine rings is 1. The van der Waals surface area contributed by atoms with Gasteiger partial charge in [0, 0.05) is 57.1 Å². The lowest BCUT2D eigenvalue weighted by Crippen LogP contribution is -2.47. The van der Waals surface area contributed by atoms with E-state index in [0.29, 0.717) is 23.6 Å². The second-order valence-corrected chi connectivity index (χ2v) is 11.1. The largest absolute Gasteiger partial charge is 0.495 e. The molecule has 1 N–H and O–H groups in total. The standard InChI is InChI=1S/C32H46N4O3/c1-4-5-6-7-8-13-31(37)33-26-14-15-28(27(24-26)32(38)36-18-16-25(2)17-19-36)34-20-22-35(23-21-34)29-11-9-10-12-30(29)39-3/h9-12,14-15,24-25H,4-8,13,16-23H2,1-3H3,(H,33,37). The first-order chi connectivity index (χ1) is 19.0. The highest BCUT2D eigenvalue weighted by Crippen LogP contribution is 2.32. The number of hydrogen-bond acceptors (Lipinski definition) is 5. The number of benzene rings is 2. The van der Waals surface area contributed by atoms with Crippen molar-refractivity contribution in [2.75, 3.05) is 61.5 Å². The number of para-hydroxylation sites is 2. The van der Waals surface area contributed by atoms with Crippen molar-refractivity contribution in [2.24, 2.45) is 5.92 Å². The van der Waals surface area contributed by atoms with Crippen LogP contribution in [0.4, 0.5) is 17.1 Å². The zero-order valence-corrected chi connectivity index (χ0v) is 24.1. The van der Waals surface area contributed by atoms with Crippen molar-refractivity contribution in [3.63, 3.8) is 0 Å². The smallest absolute Gasteiger partial charge is 0.256 e. The van der Waals surface area contributed by atoms with E-state index >= 15 is 0 Å². The maximum absolute atomic E-state index is 13.8. The Morgan fingerprint density at radius 3 is 2.23 bits per heavy atom. The molecule has 7 heteroatoms. The lowest BCUT2D eigenvalue weighted by molar-refractivity contribution is -0.116. The molecular weight excluding hydrogens is 488 g/mol. The molecule has 2 amide bonds. The van der Waals surface area contributed by atoms with E-state index in [-0.39, 0.29) is 11.8 Å². The van der Waals surface area contributed by atoms with Gasteiger partial charge in [-0.15, -0.1) is 0 Å². The molecule has 0 bridgehead atoms. The van der Waals surface area contributed by atoms with Gasteiger partial charge in [-0.2, -0.15) is 0 Å². The lowest BCUT2D eigenvalue weighted by atomic mass is 9.98. The molecule has 0 aromatic heterocycles. The van der Waals surface area contributed by atoms with Gasteiger partial charge in [0.15, 0.2) is 0 Å². The third kappa shape index (κ3) is 7.68. The minimum absolute atomic E-state index is 0.0230. The molecule has 0 saturated carbocycles. The van der Waals surface area contributed by atoms with Crippen LogP contribution in [0.25, 0.3) is 0 Å². The minimum atomic E-state index is 0.0230. The number of carbonyl (C=O) groups is 2. The molecule has 2 aliphatic rings. The Morgan fingerprint density at radius 2 is 1.54 bits per heavy atom. The number of carbonyl (C=O) groups excluding carboxylic acids is 2. The highest BCUT2D eigenvalue weighted by molar-refractivity contribution is 6.02. The molecule has 212 valence electrons. The van der Waals surface area contributed by atoms with Gasteiger partial charge in [-0.1, -0.05) is 51.7 Å². The fourth-order valence-corrected chi connectivity index (χ4v) is 5.63. The summed E-state index contributed by atoms with van der Waals surface area (Å²) in [6.45, 7) is 9.31. The van der Waals surface area contributed by atoms with Gasteiger partial charge in [0.05, 0.1) is 18.4 Å². The van der Waals surface area contributed by atoms with E-state index < -0.39 is 0 Å². The number of rotatable bonds is 11. The zero-order chi connectivity index (χ0) is 27.6. The number of unbranched alkanes of at least 4 members (excludes halogenated alkanes) is 4. The summed E-state index contributed by atoms with van der Waals surface area (Å²) >= 11 is 0. The van der Waals surface area contributed by atoms with E-state index in [2.05, 4.69) is 35.0 Å². The Bertz CT molecular complexity index is 1090. The fraction of sp³-hybridized carbons (Fsp3) is 0.562. The van der Waals surface area contributed by atoms with E-state index in [1.165, 1.54) is 19.3 Å². The van der Waals surface area contributed by atoms with Crippen molar-refractivity contribution in [1.29, 1.82) is 0 Å². The van der Waals surface area contributed by atoms with Crippen molar-refractivity contribution in [3.8, 4) is 5.75 Å². The van der Waals surface area contributed by atoms with Crippen LogP contribution in [0.3, 0.4) is 0 Å². The molecule has 2 aromatic rings. The SMILES string of the molecule is CCCCCCCC(=O)Nc1ccc(N2CCN(c3ccccc3OC)CC2)c(C(=O)N2CCC(C)CC2)c1. The number of nitrogens with zero attached hydrogens (tertiary/aromatic N) is 3. The summed E-state index contributed by atoms with van der Waals surface area (Å²) in [5.41, 5.74) is 3.46. The maximum Gasteiger partial charge on any atom is 0.256 e. The number of anilines is 3. The normalized spacial score (nSPS) is 16.3.